The molecule has 132 valence electrons. The van der Waals surface area contributed by atoms with Crippen LogP contribution in [0.5, 0.6) is 0 Å². The Bertz CT molecular complexity index is 563. The lowest BCUT2D eigenvalue weighted by molar-refractivity contribution is -0.0353. The van der Waals surface area contributed by atoms with E-state index >= 15 is 0 Å². The van der Waals surface area contributed by atoms with Crippen molar-refractivity contribution in [1.29, 1.82) is 0 Å². The summed E-state index contributed by atoms with van der Waals surface area (Å²) in [6.45, 7) is 0.128. The van der Waals surface area contributed by atoms with E-state index in [1.54, 1.807) is 4.90 Å². The third-order valence-electron chi connectivity index (χ3n) is 5.58. The highest BCUT2D eigenvalue weighted by atomic mass is 32.2. The second-order valence-corrected chi connectivity index (χ2v) is 9.33. The van der Waals surface area contributed by atoms with Crippen molar-refractivity contribution in [2.45, 2.75) is 50.5 Å². The molecule has 0 aromatic rings. The summed E-state index contributed by atoms with van der Waals surface area (Å²) in [6, 6.07) is -0.689. The largest absolute Gasteiger partial charge is 0.337 e. The highest BCUT2D eigenvalue weighted by molar-refractivity contribution is 7.91. The lowest BCUT2D eigenvalue weighted by Gasteiger charge is -2.43. The summed E-state index contributed by atoms with van der Waals surface area (Å²) in [5, 5.41) is 2.62. The molecule has 2 unspecified atom stereocenters. The molecule has 2 atom stereocenters. The number of rotatable bonds is 3. The number of carbonyl (C=O) groups is 1. The second-order valence-electron chi connectivity index (χ2n) is 7.10. The van der Waals surface area contributed by atoms with Crippen molar-refractivity contribution in [2.75, 3.05) is 24.6 Å². The van der Waals surface area contributed by atoms with Crippen LogP contribution in [0.4, 0.5) is 13.6 Å². The van der Waals surface area contributed by atoms with E-state index in [1.165, 1.54) is 0 Å². The molecule has 0 bridgehead atoms. The summed E-state index contributed by atoms with van der Waals surface area (Å²) in [6.07, 6.45) is 3.73. The van der Waals surface area contributed by atoms with Gasteiger partial charge in [-0.15, -0.1) is 0 Å². The molecule has 0 aromatic carbocycles. The topological polar surface area (TPSA) is 66.5 Å². The van der Waals surface area contributed by atoms with Crippen molar-refractivity contribution in [3.05, 3.63) is 0 Å². The van der Waals surface area contributed by atoms with Crippen LogP contribution in [0.15, 0.2) is 0 Å². The molecule has 3 aliphatic rings. The average molecular weight is 350 g/mol. The van der Waals surface area contributed by atoms with Crippen LogP contribution in [-0.2, 0) is 9.84 Å². The van der Waals surface area contributed by atoms with E-state index in [0.717, 1.165) is 19.3 Å². The highest BCUT2D eigenvalue weighted by Crippen LogP contribution is 2.40. The first kappa shape index (κ1) is 16.9. The van der Waals surface area contributed by atoms with Crippen LogP contribution in [0.3, 0.4) is 0 Å². The number of nitrogens with one attached hydrogen (secondary N) is 1. The van der Waals surface area contributed by atoms with E-state index in [2.05, 4.69) is 5.32 Å². The van der Waals surface area contributed by atoms with Crippen LogP contribution < -0.4 is 5.32 Å². The Hall–Kier alpha value is -0.920. The number of urea groups is 1. The number of carbonyl (C=O) groups excluding carboxylic acids is 1. The Balaban J connectivity index is 1.61. The quantitative estimate of drug-likeness (QED) is 0.847. The maximum absolute atomic E-state index is 13.6. The van der Waals surface area contributed by atoms with E-state index in [9.17, 15) is 22.0 Å². The maximum Gasteiger partial charge on any atom is 0.317 e. The molecule has 1 aliphatic heterocycles. The first-order chi connectivity index (χ1) is 10.8. The summed E-state index contributed by atoms with van der Waals surface area (Å²) in [4.78, 5) is 14.0. The molecule has 0 aromatic heterocycles. The van der Waals surface area contributed by atoms with Crippen LogP contribution in [0.25, 0.3) is 0 Å². The van der Waals surface area contributed by atoms with Crippen molar-refractivity contribution in [2.24, 2.45) is 11.8 Å². The van der Waals surface area contributed by atoms with Crippen LogP contribution in [0, 0.1) is 11.8 Å². The first-order valence-corrected chi connectivity index (χ1v) is 10.2. The Labute approximate surface area is 135 Å². The molecule has 8 heteroatoms. The Morgan fingerprint density at radius 3 is 2.52 bits per heavy atom. The van der Waals surface area contributed by atoms with E-state index < -0.39 is 21.7 Å². The van der Waals surface area contributed by atoms with Gasteiger partial charge in [-0.1, -0.05) is 6.42 Å². The molecule has 3 rings (SSSR count). The fourth-order valence-corrected chi connectivity index (χ4v) is 5.48. The molecule has 0 spiro atoms. The van der Waals surface area contributed by atoms with Gasteiger partial charge in [0.1, 0.15) is 0 Å². The van der Waals surface area contributed by atoms with Crippen molar-refractivity contribution >= 4 is 15.9 Å². The van der Waals surface area contributed by atoms with Gasteiger partial charge < -0.3 is 10.2 Å². The Kier molecular flexibility index (Phi) is 4.55. The van der Waals surface area contributed by atoms with Crippen molar-refractivity contribution < 1.29 is 22.0 Å². The molecule has 1 heterocycles. The molecule has 2 aliphatic carbocycles. The van der Waals surface area contributed by atoms with E-state index in [1.807, 2.05) is 0 Å². The fraction of sp³-hybridized carbons (Fsp3) is 0.933. The minimum Gasteiger partial charge on any atom is -0.337 e. The summed E-state index contributed by atoms with van der Waals surface area (Å²) in [7, 11) is -3.11. The predicted octanol–water partition coefficient (Wildman–Crippen LogP) is 2.03. The number of sulfone groups is 1. The minimum absolute atomic E-state index is 0.00464. The molecular formula is C15H24F2N2O3S. The lowest BCUT2D eigenvalue weighted by Crippen LogP contribution is -2.58. The fourth-order valence-electron chi connectivity index (χ4n) is 3.87. The summed E-state index contributed by atoms with van der Waals surface area (Å²) >= 11 is 0. The second kappa shape index (κ2) is 6.18. The molecule has 1 N–H and O–H groups in total. The van der Waals surface area contributed by atoms with E-state index in [0.29, 0.717) is 12.8 Å². The summed E-state index contributed by atoms with van der Waals surface area (Å²) in [5.41, 5.74) is 0. The summed E-state index contributed by atoms with van der Waals surface area (Å²) < 4.78 is 51.0. The zero-order valence-electron chi connectivity index (χ0n) is 13.1. The van der Waals surface area contributed by atoms with Gasteiger partial charge in [0, 0.05) is 25.4 Å². The van der Waals surface area contributed by atoms with Crippen molar-refractivity contribution in [3.63, 3.8) is 0 Å². The molecule has 3 fully saturated rings. The summed E-state index contributed by atoms with van der Waals surface area (Å²) in [5.74, 6) is -3.31. The average Bonchev–Trinajstić information content (AvgIpc) is 2.72. The van der Waals surface area contributed by atoms with E-state index in [4.69, 9.17) is 0 Å². The third-order valence-corrected chi connectivity index (χ3v) is 7.24. The number of halogens is 2. The number of amides is 2. The maximum atomic E-state index is 13.6. The Morgan fingerprint density at radius 1 is 1.22 bits per heavy atom. The SMILES string of the molecule is O=C(NCC1CCCC1(F)F)N1CCS(=O)(=O)CC1C1CCC1. The van der Waals surface area contributed by atoms with Gasteiger partial charge in [-0.3, -0.25) is 0 Å². The molecule has 0 radical (unpaired) electrons. The smallest absolute Gasteiger partial charge is 0.317 e. The normalized spacial score (nSPS) is 33.2. The zero-order chi connectivity index (χ0) is 16.7. The van der Waals surface area contributed by atoms with Gasteiger partial charge in [0.05, 0.1) is 17.5 Å². The lowest BCUT2D eigenvalue weighted by atomic mass is 9.79. The number of nitrogens with zero attached hydrogens (tertiary/aromatic N) is 1. The van der Waals surface area contributed by atoms with Gasteiger partial charge in [0.2, 0.25) is 0 Å². The van der Waals surface area contributed by atoms with Gasteiger partial charge in [0.25, 0.3) is 5.92 Å². The van der Waals surface area contributed by atoms with Gasteiger partial charge in [-0.05, 0) is 31.6 Å². The van der Waals surface area contributed by atoms with Crippen molar-refractivity contribution in [3.8, 4) is 0 Å². The predicted molar refractivity (Wildman–Crippen MR) is 82.2 cm³/mol. The van der Waals surface area contributed by atoms with E-state index in [-0.39, 0.29) is 49.0 Å². The first-order valence-electron chi connectivity index (χ1n) is 8.41. The van der Waals surface area contributed by atoms with Crippen LogP contribution in [0.1, 0.15) is 38.5 Å². The Morgan fingerprint density at radius 2 is 1.96 bits per heavy atom. The molecule has 23 heavy (non-hydrogen) atoms. The molecule has 5 nitrogen and oxygen atoms in total. The molecule has 2 amide bonds. The standard InChI is InChI=1S/C15H24F2N2O3S/c16-15(17)6-2-5-12(15)9-18-14(20)19-7-8-23(21,22)10-13(19)11-3-1-4-11/h11-13H,1-10H2,(H,18,20). The third kappa shape index (κ3) is 3.61. The molecular weight excluding hydrogens is 326 g/mol. The van der Waals surface area contributed by atoms with Gasteiger partial charge in [-0.2, -0.15) is 0 Å². The monoisotopic (exact) mass is 350 g/mol. The number of hydrogen-bond donors (Lipinski definition) is 1. The van der Waals surface area contributed by atoms with Gasteiger partial charge in [0.15, 0.2) is 9.84 Å². The van der Waals surface area contributed by atoms with Crippen molar-refractivity contribution in [1.82, 2.24) is 10.2 Å². The van der Waals surface area contributed by atoms with Gasteiger partial charge in [-0.25, -0.2) is 22.0 Å². The van der Waals surface area contributed by atoms with Crippen LogP contribution in [0.2, 0.25) is 0 Å². The zero-order valence-corrected chi connectivity index (χ0v) is 14.0. The van der Waals surface area contributed by atoms with Gasteiger partial charge >= 0.3 is 6.03 Å². The number of hydrogen-bond acceptors (Lipinski definition) is 3. The van der Waals surface area contributed by atoms with Crippen LogP contribution >= 0.6 is 0 Å². The number of alkyl halides is 2. The molecule has 1 saturated heterocycles. The van der Waals surface area contributed by atoms with Crippen LogP contribution in [-0.4, -0.2) is 55.9 Å². The highest BCUT2D eigenvalue weighted by Gasteiger charge is 2.45. The minimum atomic E-state index is -3.11. The molecule has 2 saturated carbocycles.